The number of ether oxygens (including phenoxy) is 2. The van der Waals surface area contributed by atoms with Crippen LogP contribution in [0, 0.1) is 0 Å². The van der Waals surface area contributed by atoms with Gasteiger partial charge in [-0.3, -0.25) is 14.4 Å². The SMILES string of the molecule is COCc1ccc(C(=O)N(C[C@H]2CCCO2)c2nc3c(s2)CCc2c-3cnn2C)o1. The Morgan fingerprint density at radius 3 is 3.10 bits per heavy atom. The molecule has 0 saturated carbocycles. The van der Waals surface area contributed by atoms with E-state index < -0.39 is 0 Å². The van der Waals surface area contributed by atoms with Gasteiger partial charge in [0.1, 0.15) is 12.4 Å². The van der Waals surface area contributed by atoms with E-state index in [1.165, 1.54) is 10.6 Å². The van der Waals surface area contributed by atoms with E-state index in [1.807, 2.05) is 17.9 Å². The Kier molecular flexibility index (Phi) is 5.18. The third-order valence-electron chi connectivity index (χ3n) is 5.64. The molecule has 1 atom stereocenters. The number of furan rings is 1. The maximum Gasteiger partial charge on any atom is 0.295 e. The predicted molar refractivity (Wildman–Crippen MR) is 112 cm³/mol. The van der Waals surface area contributed by atoms with Crippen molar-refractivity contribution in [1.29, 1.82) is 0 Å². The zero-order valence-corrected chi connectivity index (χ0v) is 17.9. The number of methoxy groups -OCH3 is 1. The largest absolute Gasteiger partial charge is 0.453 e. The summed E-state index contributed by atoms with van der Waals surface area (Å²) < 4.78 is 18.6. The second-order valence-electron chi connectivity index (χ2n) is 7.65. The molecule has 0 unspecified atom stereocenters. The van der Waals surface area contributed by atoms with Crippen LogP contribution < -0.4 is 4.90 Å². The van der Waals surface area contributed by atoms with E-state index in [0.29, 0.717) is 24.0 Å². The Morgan fingerprint density at radius 1 is 1.40 bits per heavy atom. The van der Waals surface area contributed by atoms with Crippen LogP contribution in [0.25, 0.3) is 11.3 Å². The van der Waals surface area contributed by atoms with E-state index in [9.17, 15) is 4.79 Å². The van der Waals surface area contributed by atoms with Crippen LogP contribution in [0.2, 0.25) is 0 Å². The summed E-state index contributed by atoms with van der Waals surface area (Å²) in [6.07, 6.45) is 5.66. The van der Waals surface area contributed by atoms with Crippen molar-refractivity contribution in [3.05, 3.63) is 40.4 Å². The summed E-state index contributed by atoms with van der Waals surface area (Å²) >= 11 is 1.57. The topological polar surface area (TPSA) is 82.6 Å². The zero-order chi connectivity index (χ0) is 20.7. The van der Waals surface area contributed by atoms with Crippen LogP contribution in [0.5, 0.6) is 0 Å². The van der Waals surface area contributed by atoms with E-state index in [0.717, 1.165) is 43.5 Å². The second kappa shape index (κ2) is 7.98. The highest BCUT2D eigenvalue weighted by Gasteiger charge is 2.31. The minimum Gasteiger partial charge on any atom is -0.453 e. The highest BCUT2D eigenvalue weighted by Crippen LogP contribution is 2.39. The van der Waals surface area contributed by atoms with Crippen molar-refractivity contribution < 1.29 is 18.7 Å². The molecule has 158 valence electrons. The number of aromatic nitrogens is 3. The summed E-state index contributed by atoms with van der Waals surface area (Å²) in [5.74, 6) is 0.706. The van der Waals surface area contributed by atoms with Gasteiger partial charge >= 0.3 is 0 Å². The normalized spacial score (nSPS) is 17.7. The maximum atomic E-state index is 13.4. The predicted octanol–water partition coefficient (Wildman–Crippen LogP) is 3.21. The molecular formula is C21H24N4O4S. The summed E-state index contributed by atoms with van der Waals surface area (Å²) in [5, 5.41) is 5.07. The van der Waals surface area contributed by atoms with Crippen LogP contribution in [0.15, 0.2) is 22.7 Å². The van der Waals surface area contributed by atoms with Gasteiger partial charge in [-0.2, -0.15) is 5.10 Å². The monoisotopic (exact) mass is 428 g/mol. The van der Waals surface area contributed by atoms with Crippen LogP contribution in [-0.2, 0) is 36.0 Å². The van der Waals surface area contributed by atoms with Crippen LogP contribution in [0.4, 0.5) is 5.13 Å². The molecule has 3 aromatic heterocycles. The third kappa shape index (κ3) is 3.46. The van der Waals surface area contributed by atoms with E-state index >= 15 is 0 Å². The summed E-state index contributed by atoms with van der Waals surface area (Å²) in [4.78, 5) is 21.2. The number of hydrogen-bond acceptors (Lipinski definition) is 7. The first kappa shape index (κ1) is 19.5. The summed E-state index contributed by atoms with van der Waals surface area (Å²) in [6.45, 7) is 1.53. The number of amides is 1. The summed E-state index contributed by atoms with van der Waals surface area (Å²) in [5.41, 5.74) is 3.19. The number of hydrogen-bond donors (Lipinski definition) is 0. The Labute approximate surface area is 178 Å². The number of fused-ring (bicyclic) bond motifs is 3. The van der Waals surface area contributed by atoms with Crippen LogP contribution >= 0.6 is 11.3 Å². The molecule has 0 radical (unpaired) electrons. The lowest BCUT2D eigenvalue weighted by atomic mass is 10.0. The molecule has 0 spiro atoms. The first-order valence-electron chi connectivity index (χ1n) is 10.2. The molecular weight excluding hydrogens is 404 g/mol. The number of rotatable bonds is 6. The Balaban J connectivity index is 1.49. The molecule has 0 aromatic carbocycles. The molecule has 3 aromatic rings. The molecule has 9 heteroatoms. The van der Waals surface area contributed by atoms with Crippen molar-refractivity contribution in [2.24, 2.45) is 7.05 Å². The fourth-order valence-electron chi connectivity index (χ4n) is 4.11. The first-order chi connectivity index (χ1) is 14.6. The van der Waals surface area contributed by atoms with Gasteiger partial charge in [-0.1, -0.05) is 0 Å². The van der Waals surface area contributed by atoms with Gasteiger partial charge in [0, 0.05) is 36.9 Å². The molecule has 0 bridgehead atoms. The molecule has 1 fully saturated rings. The minimum atomic E-state index is -0.203. The minimum absolute atomic E-state index is 0.0113. The van der Waals surface area contributed by atoms with E-state index in [1.54, 1.807) is 35.5 Å². The lowest BCUT2D eigenvalue weighted by Crippen LogP contribution is -2.37. The third-order valence-corrected chi connectivity index (χ3v) is 6.78. The molecule has 1 saturated heterocycles. The van der Waals surface area contributed by atoms with E-state index in [4.69, 9.17) is 18.9 Å². The smallest absolute Gasteiger partial charge is 0.295 e. The lowest BCUT2D eigenvalue weighted by molar-refractivity contribution is 0.0888. The van der Waals surface area contributed by atoms with Crippen LogP contribution in [0.3, 0.4) is 0 Å². The Hall–Kier alpha value is -2.49. The zero-order valence-electron chi connectivity index (χ0n) is 17.1. The Bertz CT molecular complexity index is 1060. The molecule has 2 aliphatic rings. The number of thiazole rings is 1. The number of carbonyl (C=O) groups is 1. The quantitative estimate of drug-likeness (QED) is 0.600. The number of nitrogens with zero attached hydrogens (tertiary/aromatic N) is 4. The molecule has 30 heavy (non-hydrogen) atoms. The van der Waals surface area contributed by atoms with Crippen molar-refractivity contribution in [2.75, 3.05) is 25.2 Å². The molecule has 4 heterocycles. The fraction of sp³-hybridized carbons (Fsp3) is 0.476. The van der Waals surface area contributed by atoms with Crippen molar-refractivity contribution in [2.45, 2.75) is 38.4 Å². The molecule has 0 N–H and O–H groups in total. The molecule has 8 nitrogen and oxygen atoms in total. The number of carbonyl (C=O) groups excluding carboxylic acids is 1. The van der Waals surface area contributed by atoms with Gasteiger partial charge in [0.15, 0.2) is 10.9 Å². The van der Waals surface area contributed by atoms with Gasteiger partial charge in [0.25, 0.3) is 5.91 Å². The molecule has 1 aliphatic carbocycles. The van der Waals surface area contributed by atoms with Crippen molar-refractivity contribution in [3.8, 4) is 11.3 Å². The first-order valence-corrected chi connectivity index (χ1v) is 11.0. The standard InChI is InChI=1S/C21H24N4O4S/c1-24-16-6-8-18-19(15(16)10-22-24)23-21(30-18)25(11-13-4-3-9-28-13)20(26)17-7-5-14(29-17)12-27-2/h5,7,10,13H,3-4,6,8-9,11-12H2,1-2H3/t13-/m1/s1. The van der Waals surface area contributed by atoms with Gasteiger partial charge in [-0.25, -0.2) is 4.98 Å². The van der Waals surface area contributed by atoms with Crippen molar-refractivity contribution >= 4 is 22.4 Å². The Morgan fingerprint density at radius 2 is 2.30 bits per heavy atom. The van der Waals surface area contributed by atoms with E-state index in [2.05, 4.69) is 5.10 Å². The highest BCUT2D eigenvalue weighted by molar-refractivity contribution is 7.16. The number of anilines is 1. The van der Waals surface area contributed by atoms with Gasteiger partial charge in [0.05, 0.1) is 24.5 Å². The van der Waals surface area contributed by atoms with Gasteiger partial charge in [-0.05, 0) is 37.8 Å². The second-order valence-corrected chi connectivity index (χ2v) is 8.71. The highest BCUT2D eigenvalue weighted by atomic mass is 32.1. The lowest BCUT2D eigenvalue weighted by Gasteiger charge is -2.22. The number of aryl methyl sites for hydroxylation is 2. The van der Waals surface area contributed by atoms with Gasteiger partial charge < -0.3 is 13.9 Å². The molecule has 1 amide bonds. The average molecular weight is 429 g/mol. The molecule has 1 aliphatic heterocycles. The fourth-order valence-corrected chi connectivity index (χ4v) is 5.19. The average Bonchev–Trinajstić information content (AvgIpc) is 3.52. The van der Waals surface area contributed by atoms with Crippen LogP contribution in [-0.4, -0.2) is 47.0 Å². The van der Waals surface area contributed by atoms with Crippen molar-refractivity contribution in [1.82, 2.24) is 14.8 Å². The summed E-state index contributed by atoms with van der Waals surface area (Å²) in [7, 11) is 3.55. The summed E-state index contributed by atoms with van der Waals surface area (Å²) in [6, 6.07) is 3.47. The van der Waals surface area contributed by atoms with Gasteiger partial charge in [0.2, 0.25) is 0 Å². The van der Waals surface area contributed by atoms with E-state index in [-0.39, 0.29) is 17.8 Å². The van der Waals surface area contributed by atoms with Crippen LogP contribution in [0.1, 0.15) is 39.7 Å². The van der Waals surface area contributed by atoms with Gasteiger partial charge in [-0.15, -0.1) is 11.3 Å². The molecule has 5 rings (SSSR count). The van der Waals surface area contributed by atoms with Crippen molar-refractivity contribution in [3.63, 3.8) is 0 Å². The maximum absolute atomic E-state index is 13.4.